The number of hydrogen-bond donors (Lipinski definition) is 0. The molecule has 0 spiro atoms. The molecule has 128 valence electrons. The van der Waals surface area contributed by atoms with Gasteiger partial charge in [-0.15, -0.1) is 0 Å². The van der Waals surface area contributed by atoms with Gasteiger partial charge in [-0.3, -0.25) is 4.79 Å². The second-order valence-corrected chi connectivity index (χ2v) is 6.84. The van der Waals surface area contributed by atoms with Crippen molar-refractivity contribution in [1.29, 1.82) is 0 Å². The van der Waals surface area contributed by atoms with E-state index in [0.29, 0.717) is 0 Å². The molecule has 1 aliphatic carbocycles. The molecule has 0 N–H and O–H groups in total. The van der Waals surface area contributed by atoms with Crippen LogP contribution in [-0.4, -0.2) is 11.6 Å². The topological polar surface area (TPSA) is 26.3 Å². The Morgan fingerprint density at radius 1 is 1.05 bits per heavy atom. The summed E-state index contributed by atoms with van der Waals surface area (Å²) in [5.41, 5.74) is -0.135. The molecule has 0 aromatic rings. The van der Waals surface area contributed by atoms with Gasteiger partial charge >= 0.3 is 5.97 Å². The van der Waals surface area contributed by atoms with Gasteiger partial charge in [-0.2, -0.15) is 0 Å². The molecule has 22 heavy (non-hydrogen) atoms. The van der Waals surface area contributed by atoms with Crippen molar-refractivity contribution < 1.29 is 9.53 Å². The second kappa shape index (κ2) is 10.9. The van der Waals surface area contributed by atoms with E-state index >= 15 is 0 Å². The molecule has 0 radical (unpaired) electrons. The van der Waals surface area contributed by atoms with Crippen LogP contribution in [0.1, 0.15) is 97.8 Å². The molecule has 0 aromatic heterocycles. The minimum absolute atomic E-state index is 0.0723. The van der Waals surface area contributed by atoms with E-state index in [1.54, 1.807) is 0 Å². The monoisotopic (exact) mass is 308 g/mol. The first-order valence-electron chi connectivity index (χ1n) is 9.55. The van der Waals surface area contributed by atoms with Gasteiger partial charge in [0.05, 0.1) is 5.92 Å². The zero-order chi connectivity index (χ0) is 16.3. The summed E-state index contributed by atoms with van der Waals surface area (Å²) in [5.74, 6) is 0.178. The maximum Gasteiger partial charge on any atom is 0.309 e. The van der Waals surface area contributed by atoms with Crippen molar-refractivity contribution in [2.45, 2.75) is 103 Å². The summed E-state index contributed by atoms with van der Waals surface area (Å²) in [4.78, 5) is 12.6. The van der Waals surface area contributed by atoms with Crippen LogP contribution in [0.15, 0.2) is 12.2 Å². The number of unbranched alkanes of at least 4 members (excludes halogenated alkanes) is 2. The summed E-state index contributed by atoms with van der Waals surface area (Å²) in [5, 5.41) is 0. The normalized spacial score (nSPS) is 18.7. The van der Waals surface area contributed by atoms with E-state index in [0.717, 1.165) is 51.4 Å². The molecule has 1 fully saturated rings. The van der Waals surface area contributed by atoms with Gasteiger partial charge < -0.3 is 4.74 Å². The van der Waals surface area contributed by atoms with Gasteiger partial charge in [0, 0.05) is 0 Å². The van der Waals surface area contributed by atoms with Crippen molar-refractivity contribution in [3.05, 3.63) is 12.2 Å². The Bertz CT molecular complexity index is 327. The highest BCUT2D eigenvalue weighted by Crippen LogP contribution is 2.37. The SMILES string of the molecule is CCC/C=C/CCCC(CCC)C(=O)OC1(CC)CCCC1. The van der Waals surface area contributed by atoms with E-state index in [2.05, 4.69) is 32.9 Å². The number of allylic oxidation sites excluding steroid dienone is 2. The van der Waals surface area contributed by atoms with Crippen LogP contribution in [0, 0.1) is 5.92 Å². The minimum Gasteiger partial charge on any atom is -0.459 e. The summed E-state index contributed by atoms with van der Waals surface area (Å²) in [7, 11) is 0. The van der Waals surface area contributed by atoms with E-state index < -0.39 is 0 Å². The van der Waals surface area contributed by atoms with E-state index in [1.165, 1.54) is 25.7 Å². The molecule has 0 saturated heterocycles. The lowest BCUT2D eigenvalue weighted by Gasteiger charge is -2.30. The fourth-order valence-electron chi connectivity index (χ4n) is 3.46. The fourth-order valence-corrected chi connectivity index (χ4v) is 3.46. The number of esters is 1. The Hall–Kier alpha value is -0.790. The summed E-state index contributed by atoms with van der Waals surface area (Å²) < 4.78 is 6.00. The quantitative estimate of drug-likeness (QED) is 0.258. The molecular weight excluding hydrogens is 272 g/mol. The highest BCUT2D eigenvalue weighted by Gasteiger charge is 2.37. The standard InChI is InChI=1S/C20H36O2/c1-4-7-8-9-10-11-15-18(14-5-2)19(21)22-20(6-3)16-12-13-17-20/h8-9,18H,4-7,10-17H2,1-3H3/b9-8+. The molecule has 0 aliphatic heterocycles. The van der Waals surface area contributed by atoms with Crippen LogP contribution in [0.25, 0.3) is 0 Å². The Morgan fingerprint density at radius 3 is 2.32 bits per heavy atom. The van der Waals surface area contributed by atoms with Crippen LogP contribution in [0.2, 0.25) is 0 Å². The number of hydrogen-bond acceptors (Lipinski definition) is 2. The zero-order valence-corrected chi connectivity index (χ0v) is 15.0. The number of rotatable bonds is 11. The Labute approximate surface area is 137 Å². The minimum atomic E-state index is -0.135. The molecule has 0 aromatic carbocycles. The molecule has 0 bridgehead atoms. The van der Waals surface area contributed by atoms with E-state index in [-0.39, 0.29) is 17.5 Å². The molecule has 0 amide bonds. The molecule has 1 aliphatic rings. The third kappa shape index (κ3) is 6.54. The second-order valence-electron chi connectivity index (χ2n) is 6.84. The van der Waals surface area contributed by atoms with Gasteiger partial charge in [0.2, 0.25) is 0 Å². The average molecular weight is 309 g/mol. The number of carbonyl (C=O) groups excluding carboxylic acids is 1. The number of ether oxygens (including phenoxy) is 1. The Kier molecular flexibility index (Phi) is 9.50. The summed E-state index contributed by atoms with van der Waals surface area (Å²) >= 11 is 0. The van der Waals surface area contributed by atoms with Crippen molar-refractivity contribution in [2.24, 2.45) is 5.92 Å². The van der Waals surface area contributed by atoms with Gasteiger partial charge in [-0.25, -0.2) is 0 Å². The van der Waals surface area contributed by atoms with Crippen molar-refractivity contribution in [3.63, 3.8) is 0 Å². The van der Waals surface area contributed by atoms with Crippen molar-refractivity contribution in [1.82, 2.24) is 0 Å². The summed E-state index contributed by atoms with van der Waals surface area (Å²) in [6.07, 6.45) is 17.6. The van der Waals surface area contributed by atoms with Gasteiger partial charge in [-0.1, -0.05) is 45.8 Å². The van der Waals surface area contributed by atoms with Crippen LogP contribution >= 0.6 is 0 Å². The average Bonchev–Trinajstić information content (AvgIpc) is 2.98. The molecule has 1 unspecified atom stereocenters. The van der Waals surface area contributed by atoms with E-state index in [1.807, 2.05) is 0 Å². The van der Waals surface area contributed by atoms with Crippen molar-refractivity contribution in [2.75, 3.05) is 0 Å². The van der Waals surface area contributed by atoms with E-state index in [9.17, 15) is 4.79 Å². The lowest BCUT2D eigenvalue weighted by Crippen LogP contribution is -2.34. The largest absolute Gasteiger partial charge is 0.459 e. The van der Waals surface area contributed by atoms with Crippen LogP contribution in [-0.2, 0) is 9.53 Å². The fraction of sp³-hybridized carbons (Fsp3) is 0.850. The first kappa shape index (κ1) is 19.3. The predicted molar refractivity (Wildman–Crippen MR) is 93.9 cm³/mol. The third-order valence-electron chi connectivity index (χ3n) is 4.99. The smallest absolute Gasteiger partial charge is 0.309 e. The van der Waals surface area contributed by atoms with Gasteiger partial charge in [0.25, 0.3) is 0 Å². The molecule has 2 nitrogen and oxygen atoms in total. The van der Waals surface area contributed by atoms with Crippen LogP contribution in [0.5, 0.6) is 0 Å². The summed E-state index contributed by atoms with van der Waals surface area (Å²) in [6.45, 7) is 6.52. The maximum absolute atomic E-state index is 12.6. The summed E-state index contributed by atoms with van der Waals surface area (Å²) in [6, 6.07) is 0. The zero-order valence-electron chi connectivity index (χ0n) is 15.0. The number of carbonyl (C=O) groups is 1. The van der Waals surface area contributed by atoms with Crippen LogP contribution in [0.3, 0.4) is 0 Å². The molecule has 2 heteroatoms. The van der Waals surface area contributed by atoms with E-state index in [4.69, 9.17) is 4.74 Å². The highest BCUT2D eigenvalue weighted by molar-refractivity contribution is 5.73. The molecule has 1 rings (SSSR count). The molecule has 1 atom stereocenters. The molecule has 0 heterocycles. The Balaban J connectivity index is 2.42. The first-order valence-corrected chi connectivity index (χ1v) is 9.55. The van der Waals surface area contributed by atoms with Crippen molar-refractivity contribution >= 4 is 5.97 Å². The van der Waals surface area contributed by atoms with Gasteiger partial charge in [0.1, 0.15) is 5.60 Å². The van der Waals surface area contributed by atoms with Crippen molar-refractivity contribution in [3.8, 4) is 0 Å². The molecule has 1 saturated carbocycles. The van der Waals surface area contributed by atoms with Crippen LogP contribution < -0.4 is 0 Å². The highest BCUT2D eigenvalue weighted by atomic mass is 16.6. The molecular formula is C20H36O2. The predicted octanol–water partition coefficient (Wildman–Crippen LogP) is 6.20. The van der Waals surface area contributed by atoms with Crippen LogP contribution in [0.4, 0.5) is 0 Å². The Morgan fingerprint density at radius 2 is 1.73 bits per heavy atom. The first-order chi connectivity index (χ1) is 10.7. The lowest BCUT2D eigenvalue weighted by molar-refractivity contribution is -0.165. The maximum atomic E-state index is 12.6. The van der Waals surface area contributed by atoms with Gasteiger partial charge in [0.15, 0.2) is 0 Å². The van der Waals surface area contributed by atoms with Gasteiger partial charge in [-0.05, 0) is 64.2 Å². The lowest BCUT2D eigenvalue weighted by atomic mass is 9.95. The third-order valence-corrected chi connectivity index (χ3v) is 4.99.